The first-order valence-electron chi connectivity index (χ1n) is 11.2. The molecule has 8 nitrogen and oxygen atoms in total. The number of allylic oxidation sites excluding steroid dienone is 2. The SMILES string of the molecule is COC(=O)C1=C(C)N(c2cc(C)cc(C)c2)/C(=C/c2ccc(CNS(=O)(=O)c3ccccc3)o2)C1=O. The average Bonchev–Trinajstić information content (AvgIpc) is 3.39. The molecule has 0 aliphatic carbocycles. The molecule has 0 amide bonds. The van der Waals surface area contributed by atoms with Crippen LogP contribution in [0.15, 0.2) is 86.9 Å². The summed E-state index contributed by atoms with van der Waals surface area (Å²) in [5.74, 6) is -0.504. The van der Waals surface area contributed by atoms with Gasteiger partial charge in [-0.05, 0) is 68.3 Å². The first-order chi connectivity index (χ1) is 17.1. The second-order valence-electron chi connectivity index (χ2n) is 8.43. The summed E-state index contributed by atoms with van der Waals surface area (Å²) in [6.45, 7) is 5.52. The Morgan fingerprint density at radius 1 is 1.03 bits per heavy atom. The smallest absolute Gasteiger partial charge is 0.343 e. The molecule has 1 N–H and O–H groups in total. The van der Waals surface area contributed by atoms with Crippen molar-refractivity contribution >= 4 is 33.5 Å². The quantitative estimate of drug-likeness (QED) is 0.290. The van der Waals surface area contributed by atoms with Crippen molar-refractivity contribution in [3.8, 4) is 0 Å². The van der Waals surface area contributed by atoms with Gasteiger partial charge in [0.2, 0.25) is 15.8 Å². The van der Waals surface area contributed by atoms with Crippen LogP contribution in [-0.2, 0) is 30.9 Å². The molecule has 3 aromatic rings. The first-order valence-corrected chi connectivity index (χ1v) is 12.7. The van der Waals surface area contributed by atoms with E-state index in [-0.39, 0.29) is 22.7 Å². The minimum Gasteiger partial charge on any atom is -0.465 e. The van der Waals surface area contributed by atoms with Gasteiger partial charge in [0, 0.05) is 17.5 Å². The number of nitrogens with one attached hydrogen (secondary N) is 1. The van der Waals surface area contributed by atoms with Gasteiger partial charge in [0.05, 0.1) is 24.2 Å². The molecule has 0 bridgehead atoms. The Balaban J connectivity index is 1.65. The lowest BCUT2D eigenvalue weighted by Crippen LogP contribution is -2.22. The lowest BCUT2D eigenvalue weighted by molar-refractivity contribution is -0.137. The van der Waals surface area contributed by atoms with Gasteiger partial charge in [0.1, 0.15) is 17.1 Å². The predicted molar refractivity (Wildman–Crippen MR) is 135 cm³/mol. The summed E-state index contributed by atoms with van der Waals surface area (Å²) >= 11 is 0. The fourth-order valence-corrected chi connectivity index (χ4v) is 5.14. The molecule has 1 aliphatic heterocycles. The topological polar surface area (TPSA) is 106 Å². The second kappa shape index (κ2) is 9.96. The highest BCUT2D eigenvalue weighted by atomic mass is 32.2. The second-order valence-corrected chi connectivity index (χ2v) is 10.2. The number of ketones is 1. The summed E-state index contributed by atoms with van der Waals surface area (Å²) in [6, 6.07) is 17.1. The van der Waals surface area contributed by atoms with Crippen molar-refractivity contribution in [2.75, 3.05) is 12.0 Å². The maximum absolute atomic E-state index is 13.3. The van der Waals surface area contributed by atoms with Crippen LogP contribution >= 0.6 is 0 Å². The zero-order valence-corrected chi connectivity index (χ0v) is 21.2. The lowest BCUT2D eigenvalue weighted by atomic mass is 10.1. The number of furan rings is 1. The number of sulfonamides is 1. The van der Waals surface area contributed by atoms with Gasteiger partial charge in [-0.25, -0.2) is 17.9 Å². The Labute approximate surface area is 209 Å². The normalized spacial score (nSPS) is 15.2. The number of anilines is 1. The summed E-state index contributed by atoms with van der Waals surface area (Å²) in [7, 11) is -2.48. The van der Waals surface area contributed by atoms with Crippen molar-refractivity contribution in [2.24, 2.45) is 0 Å². The van der Waals surface area contributed by atoms with E-state index in [1.165, 1.54) is 25.3 Å². The van der Waals surface area contributed by atoms with Gasteiger partial charge in [0.25, 0.3) is 0 Å². The molecule has 1 aliphatic rings. The summed E-state index contributed by atoms with van der Waals surface area (Å²) in [5.41, 5.74) is 3.36. The molecule has 0 fully saturated rings. The maximum atomic E-state index is 13.3. The summed E-state index contributed by atoms with van der Waals surface area (Å²) in [6.07, 6.45) is 1.54. The summed E-state index contributed by atoms with van der Waals surface area (Å²) in [5, 5.41) is 0. The number of carbonyl (C=O) groups is 2. The number of hydrogen-bond acceptors (Lipinski definition) is 7. The van der Waals surface area contributed by atoms with Crippen LogP contribution in [0.4, 0.5) is 5.69 Å². The molecule has 0 unspecified atom stereocenters. The molecular formula is C27H26N2O6S. The molecule has 0 radical (unpaired) electrons. The Bertz CT molecular complexity index is 1480. The first kappa shape index (κ1) is 25.2. The van der Waals surface area contributed by atoms with Gasteiger partial charge < -0.3 is 14.1 Å². The van der Waals surface area contributed by atoms with Gasteiger partial charge in [-0.15, -0.1) is 0 Å². The third kappa shape index (κ3) is 5.02. The van der Waals surface area contributed by atoms with Crippen molar-refractivity contribution in [2.45, 2.75) is 32.2 Å². The fraction of sp³-hybridized carbons (Fsp3) is 0.185. The Hall–Kier alpha value is -3.95. The van der Waals surface area contributed by atoms with Crippen molar-refractivity contribution in [3.05, 3.63) is 100 Å². The number of aryl methyl sites for hydroxylation is 2. The van der Waals surface area contributed by atoms with Crippen molar-refractivity contribution in [1.82, 2.24) is 4.72 Å². The van der Waals surface area contributed by atoms with E-state index in [0.29, 0.717) is 17.2 Å². The molecule has 9 heteroatoms. The van der Waals surface area contributed by atoms with Crippen molar-refractivity contribution in [3.63, 3.8) is 0 Å². The van der Waals surface area contributed by atoms with Crippen LogP contribution in [0, 0.1) is 13.8 Å². The van der Waals surface area contributed by atoms with E-state index in [1.807, 2.05) is 32.0 Å². The molecule has 186 valence electrons. The highest BCUT2D eigenvalue weighted by Crippen LogP contribution is 2.36. The number of esters is 1. The third-order valence-electron chi connectivity index (χ3n) is 5.70. The van der Waals surface area contributed by atoms with E-state index in [9.17, 15) is 18.0 Å². The highest BCUT2D eigenvalue weighted by Gasteiger charge is 2.38. The van der Waals surface area contributed by atoms with E-state index < -0.39 is 21.8 Å². The third-order valence-corrected chi connectivity index (χ3v) is 7.12. The number of carbonyl (C=O) groups excluding carboxylic acids is 2. The van der Waals surface area contributed by atoms with Crippen LogP contribution in [0.3, 0.4) is 0 Å². The molecule has 0 saturated carbocycles. The summed E-state index contributed by atoms with van der Waals surface area (Å²) in [4.78, 5) is 27.5. The predicted octanol–water partition coefficient (Wildman–Crippen LogP) is 4.25. The monoisotopic (exact) mass is 506 g/mol. The minimum atomic E-state index is -3.71. The number of Topliss-reactive ketones (excluding diaryl/α,β-unsaturated/α-hetero) is 1. The molecule has 0 atom stereocenters. The number of nitrogens with zero attached hydrogens (tertiary/aromatic N) is 1. The van der Waals surface area contributed by atoms with Crippen LogP contribution in [0.5, 0.6) is 0 Å². The Morgan fingerprint density at radius 3 is 2.33 bits per heavy atom. The van der Waals surface area contributed by atoms with E-state index >= 15 is 0 Å². The molecule has 0 saturated heterocycles. The average molecular weight is 507 g/mol. The Morgan fingerprint density at radius 2 is 1.69 bits per heavy atom. The lowest BCUT2D eigenvalue weighted by Gasteiger charge is -2.22. The molecular weight excluding hydrogens is 480 g/mol. The number of benzene rings is 2. The standard InChI is InChI=1S/C27H26N2O6S/c1-17-12-18(2)14-20(13-17)29-19(3)25(27(31)34-4)26(30)24(29)15-21-10-11-22(35-21)16-28-36(32,33)23-8-6-5-7-9-23/h5-15,28H,16H2,1-4H3/b24-15+. The molecule has 2 aromatic carbocycles. The maximum Gasteiger partial charge on any atom is 0.343 e. The van der Waals surface area contributed by atoms with Crippen LogP contribution < -0.4 is 9.62 Å². The van der Waals surface area contributed by atoms with Crippen molar-refractivity contribution < 1.29 is 27.2 Å². The molecule has 2 heterocycles. The molecule has 36 heavy (non-hydrogen) atoms. The van der Waals surface area contributed by atoms with Crippen LogP contribution in [0.2, 0.25) is 0 Å². The van der Waals surface area contributed by atoms with Gasteiger partial charge in [-0.3, -0.25) is 4.79 Å². The number of ether oxygens (including phenoxy) is 1. The molecule has 4 rings (SSSR count). The summed E-state index contributed by atoms with van der Waals surface area (Å²) < 4.78 is 38.1. The van der Waals surface area contributed by atoms with Crippen LogP contribution in [-0.4, -0.2) is 27.3 Å². The van der Waals surface area contributed by atoms with E-state index in [4.69, 9.17) is 9.15 Å². The molecule has 0 spiro atoms. The zero-order valence-electron chi connectivity index (χ0n) is 20.4. The number of rotatable bonds is 7. The van der Waals surface area contributed by atoms with Gasteiger partial charge >= 0.3 is 5.97 Å². The number of methoxy groups -OCH3 is 1. The van der Waals surface area contributed by atoms with Gasteiger partial charge in [-0.2, -0.15) is 0 Å². The fourth-order valence-electron chi connectivity index (χ4n) is 4.12. The van der Waals surface area contributed by atoms with E-state index in [2.05, 4.69) is 4.72 Å². The van der Waals surface area contributed by atoms with Crippen molar-refractivity contribution in [1.29, 1.82) is 0 Å². The molecule has 1 aromatic heterocycles. The number of hydrogen-bond donors (Lipinski definition) is 1. The van der Waals surface area contributed by atoms with E-state index in [0.717, 1.165) is 16.8 Å². The van der Waals surface area contributed by atoms with E-state index in [1.54, 1.807) is 42.2 Å². The Kier molecular flexibility index (Phi) is 6.96. The largest absolute Gasteiger partial charge is 0.465 e. The highest BCUT2D eigenvalue weighted by molar-refractivity contribution is 7.89. The minimum absolute atomic E-state index is 0.0506. The van der Waals surface area contributed by atoms with Gasteiger partial charge in [-0.1, -0.05) is 24.3 Å². The van der Waals surface area contributed by atoms with Gasteiger partial charge in [0.15, 0.2) is 0 Å². The van der Waals surface area contributed by atoms with Crippen LogP contribution in [0.25, 0.3) is 6.08 Å². The van der Waals surface area contributed by atoms with Crippen LogP contribution in [0.1, 0.15) is 29.6 Å². The zero-order chi connectivity index (χ0) is 26.0.